The molecule has 0 bridgehead atoms. The molecule has 3 rings (SSSR count). The van der Waals surface area contributed by atoms with E-state index < -0.39 is 10.0 Å². The van der Waals surface area contributed by atoms with Gasteiger partial charge in [0.05, 0.1) is 11.4 Å². The quantitative estimate of drug-likeness (QED) is 0.747. The van der Waals surface area contributed by atoms with Gasteiger partial charge in [-0.25, -0.2) is 8.42 Å². The van der Waals surface area contributed by atoms with Gasteiger partial charge < -0.3 is 10.6 Å². The van der Waals surface area contributed by atoms with Gasteiger partial charge in [-0.3, -0.25) is 9.69 Å². The zero-order valence-electron chi connectivity index (χ0n) is 15.4. The molecule has 1 amide bonds. The van der Waals surface area contributed by atoms with Gasteiger partial charge in [-0.1, -0.05) is 17.7 Å². The van der Waals surface area contributed by atoms with Crippen LogP contribution in [0.1, 0.15) is 12.0 Å². The molecule has 1 aromatic carbocycles. The number of rotatable bonds is 4. The number of benzene rings is 1. The topological polar surface area (TPSA) is 87.0 Å². The highest BCUT2D eigenvalue weighted by atomic mass is 35.5. The van der Waals surface area contributed by atoms with Crippen molar-refractivity contribution in [3.05, 3.63) is 29.8 Å². The van der Waals surface area contributed by atoms with Crippen molar-refractivity contribution in [1.29, 1.82) is 0 Å². The fourth-order valence-corrected chi connectivity index (χ4v) is 4.71. The molecule has 2 fully saturated rings. The number of halogens is 2. The van der Waals surface area contributed by atoms with Crippen molar-refractivity contribution in [3.63, 3.8) is 0 Å². The van der Waals surface area contributed by atoms with E-state index in [4.69, 9.17) is 5.73 Å². The molecule has 2 saturated heterocycles. The van der Waals surface area contributed by atoms with Crippen LogP contribution in [-0.4, -0.2) is 80.3 Å². The summed E-state index contributed by atoms with van der Waals surface area (Å²) in [6, 6.07) is 7.00. The Balaban J connectivity index is 0.00000182. The van der Waals surface area contributed by atoms with Crippen molar-refractivity contribution < 1.29 is 13.2 Å². The van der Waals surface area contributed by atoms with Crippen LogP contribution in [0.2, 0.25) is 0 Å². The van der Waals surface area contributed by atoms with Gasteiger partial charge in [-0.15, -0.1) is 24.8 Å². The molecule has 0 spiro atoms. The molecule has 0 unspecified atom stereocenters. The molecule has 0 aromatic heterocycles. The fourth-order valence-electron chi connectivity index (χ4n) is 3.29. The van der Waals surface area contributed by atoms with Crippen LogP contribution in [0.15, 0.2) is 29.2 Å². The normalized spacial score (nSPS) is 21.4. The molecule has 10 heteroatoms. The lowest BCUT2D eigenvalue weighted by Gasteiger charge is -2.34. The van der Waals surface area contributed by atoms with Crippen molar-refractivity contribution in [3.8, 4) is 0 Å². The lowest BCUT2D eigenvalue weighted by atomic mass is 10.2. The molecule has 2 aliphatic heterocycles. The monoisotopic (exact) mass is 438 g/mol. The molecule has 154 valence electrons. The zero-order chi connectivity index (χ0) is 18.0. The van der Waals surface area contributed by atoms with Crippen LogP contribution in [-0.2, 0) is 14.8 Å². The first kappa shape index (κ1) is 24.1. The van der Waals surface area contributed by atoms with Crippen LogP contribution in [0.4, 0.5) is 0 Å². The van der Waals surface area contributed by atoms with E-state index in [-0.39, 0.29) is 36.8 Å². The Hall–Kier alpha value is -0.900. The zero-order valence-corrected chi connectivity index (χ0v) is 17.9. The van der Waals surface area contributed by atoms with E-state index in [2.05, 4.69) is 0 Å². The van der Waals surface area contributed by atoms with Crippen molar-refractivity contribution in [2.24, 2.45) is 5.73 Å². The molecule has 0 radical (unpaired) electrons. The first-order chi connectivity index (χ1) is 11.9. The van der Waals surface area contributed by atoms with Crippen LogP contribution in [0.5, 0.6) is 0 Å². The Labute approximate surface area is 173 Å². The molecular weight excluding hydrogens is 411 g/mol. The lowest BCUT2D eigenvalue weighted by molar-refractivity contribution is -0.131. The minimum absolute atomic E-state index is 0. The van der Waals surface area contributed by atoms with Crippen LogP contribution >= 0.6 is 24.8 Å². The number of amides is 1. The van der Waals surface area contributed by atoms with Crippen molar-refractivity contribution in [2.75, 3.05) is 45.8 Å². The second-order valence-electron chi connectivity index (χ2n) is 6.88. The number of piperazine rings is 1. The molecule has 2 aliphatic rings. The van der Waals surface area contributed by atoms with Crippen molar-refractivity contribution >= 4 is 40.7 Å². The fraction of sp³-hybridized carbons (Fsp3) is 0.588. The second kappa shape index (κ2) is 10.0. The smallest absolute Gasteiger partial charge is 0.243 e. The number of likely N-dealkylation sites (tertiary alicyclic amines) is 1. The van der Waals surface area contributed by atoms with Gasteiger partial charge in [0.1, 0.15) is 0 Å². The van der Waals surface area contributed by atoms with Crippen LogP contribution in [0, 0.1) is 6.92 Å². The predicted octanol–water partition coefficient (Wildman–Crippen LogP) is 0.705. The van der Waals surface area contributed by atoms with Gasteiger partial charge in [-0.05, 0) is 25.5 Å². The average Bonchev–Trinajstić information content (AvgIpc) is 3.02. The van der Waals surface area contributed by atoms with Gasteiger partial charge >= 0.3 is 0 Å². The minimum atomic E-state index is -3.46. The summed E-state index contributed by atoms with van der Waals surface area (Å²) >= 11 is 0. The molecule has 27 heavy (non-hydrogen) atoms. The van der Waals surface area contributed by atoms with Gasteiger partial charge in [0.25, 0.3) is 0 Å². The average molecular weight is 439 g/mol. The molecule has 2 heterocycles. The highest BCUT2D eigenvalue weighted by Gasteiger charge is 2.30. The maximum atomic E-state index is 12.7. The van der Waals surface area contributed by atoms with Gasteiger partial charge in [-0.2, -0.15) is 4.31 Å². The van der Waals surface area contributed by atoms with Crippen molar-refractivity contribution in [2.45, 2.75) is 24.3 Å². The molecule has 0 aliphatic carbocycles. The molecule has 0 saturated carbocycles. The maximum absolute atomic E-state index is 12.7. The standard InChI is InChI=1S/C17H26N4O3S.2ClH/c1-14-2-4-16(5-3-14)25(23,24)21-10-8-19(9-11-21)13-17(22)20-7-6-15(18)12-20;;/h2-5,15H,6-13,18H2,1H3;2*1H/t15-;;/m1../s1. The second-order valence-corrected chi connectivity index (χ2v) is 8.82. The third-order valence-electron chi connectivity index (χ3n) is 4.93. The lowest BCUT2D eigenvalue weighted by Crippen LogP contribution is -2.51. The first-order valence-electron chi connectivity index (χ1n) is 8.69. The number of hydrogen-bond acceptors (Lipinski definition) is 5. The van der Waals surface area contributed by atoms with Gasteiger partial charge in [0.15, 0.2) is 0 Å². The Morgan fingerprint density at radius 3 is 2.19 bits per heavy atom. The van der Waals surface area contributed by atoms with Crippen molar-refractivity contribution in [1.82, 2.24) is 14.1 Å². The van der Waals surface area contributed by atoms with E-state index in [1.54, 1.807) is 17.0 Å². The van der Waals surface area contributed by atoms with E-state index in [9.17, 15) is 13.2 Å². The third-order valence-corrected chi connectivity index (χ3v) is 6.84. The SMILES string of the molecule is Cc1ccc(S(=O)(=O)N2CCN(CC(=O)N3CC[C@@H](N)C3)CC2)cc1.Cl.Cl. The summed E-state index contributed by atoms with van der Waals surface area (Å²) in [6.07, 6.45) is 0.855. The Kier molecular flexibility index (Phi) is 8.98. The number of carbonyl (C=O) groups is 1. The van der Waals surface area contributed by atoms with Crippen LogP contribution < -0.4 is 5.73 Å². The van der Waals surface area contributed by atoms with E-state index in [1.807, 2.05) is 24.0 Å². The maximum Gasteiger partial charge on any atom is 0.243 e. The van der Waals surface area contributed by atoms with Crippen LogP contribution in [0.25, 0.3) is 0 Å². The summed E-state index contributed by atoms with van der Waals surface area (Å²) in [6.45, 7) is 5.56. The van der Waals surface area contributed by atoms with E-state index in [0.29, 0.717) is 44.2 Å². The highest BCUT2D eigenvalue weighted by molar-refractivity contribution is 7.89. The summed E-state index contributed by atoms with van der Waals surface area (Å²) in [7, 11) is -3.46. The summed E-state index contributed by atoms with van der Waals surface area (Å²) < 4.78 is 26.9. The number of carbonyl (C=O) groups excluding carboxylic acids is 1. The minimum Gasteiger partial charge on any atom is -0.340 e. The Morgan fingerprint density at radius 2 is 1.67 bits per heavy atom. The molecule has 2 N–H and O–H groups in total. The third kappa shape index (κ3) is 5.79. The van der Waals surface area contributed by atoms with Crippen LogP contribution in [0.3, 0.4) is 0 Å². The number of nitrogens with two attached hydrogens (primary N) is 1. The molecular formula is C17H28Cl2N4O3S. The van der Waals surface area contributed by atoms with E-state index >= 15 is 0 Å². The number of hydrogen-bond donors (Lipinski definition) is 1. The molecule has 1 aromatic rings. The summed E-state index contributed by atoms with van der Waals surface area (Å²) in [5.41, 5.74) is 6.88. The first-order valence-corrected chi connectivity index (χ1v) is 10.1. The number of nitrogens with zero attached hydrogens (tertiary/aromatic N) is 3. The van der Waals surface area contributed by atoms with Gasteiger partial charge in [0.2, 0.25) is 15.9 Å². The number of sulfonamides is 1. The predicted molar refractivity (Wildman–Crippen MR) is 110 cm³/mol. The Morgan fingerprint density at radius 1 is 1.07 bits per heavy atom. The Bertz CT molecular complexity index is 722. The highest BCUT2D eigenvalue weighted by Crippen LogP contribution is 2.18. The van der Waals surface area contributed by atoms with E-state index in [0.717, 1.165) is 18.5 Å². The molecule has 1 atom stereocenters. The molecule has 7 nitrogen and oxygen atoms in total. The summed E-state index contributed by atoms with van der Waals surface area (Å²) in [5, 5.41) is 0. The largest absolute Gasteiger partial charge is 0.340 e. The van der Waals surface area contributed by atoms with E-state index in [1.165, 1.54) is 4.31 Å². The van der Waals surface area contributed by atoms with Gasteiger partial charge in [0, 0.05) is 45.3 Å². The summed E-state index contributed by atoms with van der Waals surface area (Å²) in [4.78, 5) is 16.4. The summed E-state index contributed by atoms with van der Waals surface area (Å²) in [5.74, 6) is 0.0859. The number of aryl methyl sites for hydroxylation is 1.